The number of H-pyrrole nitrogens is 1. The smallest absolute Gasteiger partial charge is 0.0456 e. The van der Waals surface area contributed by atoms with Crippen LogP contribution in [0, 0.1) is 0 Å². The van der Waals surface area contributed by atoms with Crippen molar-refractivity contribution in [2.45, 2.75) is 70.1 Å². The molecule has 2 heterocycles. The maximum atomic E-state index is 3.55. The summed E-state index contributed by atoms with van der Waals surface area (Å²) in [7, 11) is 0. The number of hydrogen-bond acceptors (Lipinski definition) is 1. The quantitative estimate of drug-likeness (QED) is 0.672. The first-order valence-electron chi connectivity index (χ1n) is 9.91. The summed E-state index contributed by atoms with van der Waals surface area (Å²) < 4.78 is 0. The molecule has 142 valence electrons. The largest absolute Gasteiger partial charge is 0.361 e. The first-order valence-corrected chi connectivity index (χ1v) is 9.91. The van der Waals surface area contributed by atoms with E-state index in [4.69, 9.17) is 0 Å². The molecule has 1 aliphatic carbocycles. The van der Waals surface area contributed by atoms with E-state index in [9.17, 15) is 0 Å². The summed E-state index contributed by atoms with van der Waals surface area (Å²) in [6.07, 6.45) is 7.28. The third-order valence-corrected chi connectivity index (χ3v) is 6.68. The van der Waals surface area contributed by atoms with Crippen LogP contribution in [0.15, 0.2) is 30.5 Å². The Labute approximate surface area is 164 Å². The van der Waals surface area contributed by atoms with Gasteiger partial charge in [-0.1, -0.05) is 39.8 Å². The Morgan fingerprint density at radius 3 is 2.23 bits per heavy atom. The molecule has 0 amide bonds. The second-order valence-corrected chi connectivity index (χ2v) is 9.40. The number of fused-ring (bicyclic) bond motifs is 1. The van der Waals surface area contributed by atoms with E-state index in [0.29, 0.717) is 11.3 Å². The minimum atomic E-state index is 0. The normalized spacial score (nSPS) is 21.7. The van der Waals surface area contributed by atoms with Gasteiger partial charge < -0.3 is 10.3 Å². The Morgan fingerprint density at radius 1 is 0.885 bits per heavy atom. The lowest BCUT2D eigenvalue weighted by atomic mass is 9.63. The second kappa shape index (κ2) is 7.05. The molecule has 2 nitrogen and oxygen atoms in total. The zero-order valence-electron chi connectivity index (χ0n) is 16.6. The maximum Gasteiger partial charge on any atom is 0.0456 e. The molecule has 2 aromatic rings. The van der Waals surface area contributed by atoms with Crippen molar-refractivity contribution < 1.29 is 0 Å². The molecule has 4 rings (SSSR count). The highest BCUT2D eigenvalue weighted by atomic mass is 35.5. The second-order valence-electron chi connectivity index (χ2n) is 9.40. The van der Waals surface area contributed by atoms with E-state index in [1.165, 1.54) is 48.1 Å². The fraction of sp³-hybridized carbons (Fsp3) is 0.565. The summed E-state index contributed by atoms with van der Waals surface area (Å²) in [6.45, 7) is 11.9. The van der Waals surface area contributed by atoms with Crippen molar-refractivity contribution in [1.82, 2.24) is 10.3 Å². The molecule has 0 spiro atoms. The van der Waals surface area contributed by atoms with Gasteiger partial charge in [0, 0.05) is 11.9 Å². The summed E-state index contributed by atoms with van der Waals surface area (Å²) in [5, 5.41) is 3.46. The highest BCUT2D eigenvalue weighted by Crippen LogP contribution is 2.46. The minimum absolute atomic E-state index is 0. The Balaban J connectivity index is 0.00000196. The molecule has 2 N–H and O–H groups in total. The molecule has 1 saturated heterocycles. The monoisotopic (exact) mass is 372 g/mol. The van der Waals surface area contributed by atoms with E-state index in [2.05, 4.69) is 68.5 Å². The van der Waals surface area contributed by atoms with Gasteiger partial charge in [0.05, 0.1) is 0 Å². The van der Waals surface area contributed by atoms with Gasteiger partial charge in [0.1, 0.15) is 0 Å². The fourth-order valence-corrected chi connectivity index (χ4v) is 4.72. The average molecular weight is 373 g/mol. The lowest BCUT2D eigenvalue weighted by molar-refractivity contribution is 0.332. The predicted octanol–water partition coefficient (Wildman–Crippen LogP) is 5.92. The number of halogens is 1. The number of hydrogen-bond donors (Lipinski definition) is 2. The molecule has 3 heteroatoms. The molecule has 0 saturated carbocycles. The van der Waals surface area contributed by atoms with Gasteiger partial charge in [-0.3, -0.25) is 0 Å². The van der Waals surface area contributed by atoms with Gasteiger partial charge in [0.25, 0.3) is 0 Å². The van der Waals surface area contributed by atoms with E-state index in [0.717, 1.165) is 13.1 Å². The summed E-state index contributed by atoms with van der Waals surface area (Å²) >= 11 is 0. The molecule has 0 bridgehead atoms. The van der Waals surface area contributed by atoms with Gasteiger partial charge in [-0.05, 0) is 89.9 Å². The number of aromatic nitrogens is 1. The summed E-state index contributed by atoms with van der Waals surface area (Å²) in [5.74, 6) is 0.708. The van der Waals surface area contributed by atoms with Gasteiger partial charge in [-0.25, -0.2) is 0 Å². The van der Waals surface area contributed by atoms with Crippen LogP contribution in [0.1, 0.15) is 76.0 Å². The average Bonchev–Trinajstić information content (AvgIpc) is 3.10. The number of benzene rings is 1. The molecule has 2 aliphatic rings. The molecular weight excluding hydrogens is 340 g/mol. The SMILES string of the molecule is CC1(C)CCC(C)(C)c2cc(-c3cc(C4CCNCC4)c[nH]3)ccc21.Cl. The number of aromatic amines is 1. The zero-order chi connectivity index (χ0) is 17.7. The van der Waals surface area contributed by atoms with Crippen molar-refractivity contribution in [3.8, 4) is 11.3 Å². The van der Waals surface area contributed by atoms with Crippen molar-refractivity contribution in [2.75, 3.05) is 13.1 Å². The molecule has 1 aromatic heterocycles. The van der Waals surface area contributed by atoms with Crippen LogP contribution in [-0.2, 0) is 10.8 Å². The highest BCUT2D eigenvalue weighted by Gasteiger charge is 2.37. The van der Waals surface area contributed by atoms with Gasteiger partial charge in [0.2, 0.25) is 0 Å². The Morgan fingerprint density at radius 2 is 1.54 bits per heavy atom. The molecule has 0 radical (unpaired) electrons. The maximum absolute atomic E-state index is 3.55. The predicted molar refractivity (Wildman–Crippen MR) is 114 cm³/mol. The molecule has 0 atom stereocenters. The van der Waals surface area contributed by atoms with Crippen LogP contribution in [0.5, 0.6) is 0 Å². The summed E-state index contributed by atoms with van der Waals surface area (Å²) in [6, 6.07) is 9.55. The van der Waals surface area contributed by atoms with E-state index in [-0.39, 0.29) is 17.8 Å². The first-order chi connectivity index (χ1) is 11.9. The van der Waals surface area contributed by atoms with Crippen LogP contribution in [0.3, 0.4) is 0 Å². The molecular formula is C23H33ClN2. The molecule has 1 aliphatic heterocycles. The topological polar surface area (TPSA) is 27.8 Å². The highest BCUT2D eigenvalue weighted by molar-refractivity contribution is 5.85. The Kier molecular flexibility index (Phi) is 5.29. The van der Waals surface area contributed by atoms with E-state index >= 15 is 0 Å². The first kappa shape index (κ1) is 19.5. The summed E-state index contributed by atoms with van der Waals surface area (Å²) in [4.78, 5) is 3.55. The molecule has 26 heavy (non-hydrogen) atoms. The van der Waals surface area contributed by atoms with Crippen LogP contribution < -0.4 is 5.32 Å². The standard InChI is InChI=1S/C23H32N2.ClH/c1-22(2)9-10-23(3,4)20-13-17(5-6-19(20)22)21-14-18(15-25-21)16-7-11-24-12-8-16;/h5-6,13-16,24-25H,7-12H2,1-4H3;1H. The van der Waals surface area contributed by atoms with Crippen LogP contribution in [0.4, 0.5) is 0 Å². The van der Waals surface area contributed by atoms with Crippen LogP contribution >= 0.6 is 12.4 Å². The van der Waals surface area contributed by atoms with Gasteiger partial charge in [-0.2, -0.15) is 0 Å². The van der Waals surface area contributed by atoms with E-state index < -0.39 is 0 Å². The Hall–Kier alpha value is -1.25. The van der Waals surface area contributed by atoms with Gasteiger partial charge in [0.15, 0.2) is 0 Å². The number of rotatable bonds is 2. The van der Waals surface area contributed by atoms with Crippen molar-refractivity contribution in [2.24, 2.45) is 0 Å². The van der Waals surface area contributed by atoms with Crippen LogP contribution in [-0.4, -0.2) is 18.1 Å². The van der Waals surface area contributed by atoms with E-state index in [1.54, 1.807) is 5.56 Å². The van der Waals surface area contributed by atoms with Crippen molar-refractivity contribution in [3.63, 3.8) is 0 Å². The third kappa shape index (κ3) is 3.46. The lowest BCUT2D eigenvalue weighted by Crippen LogP contribution is -2.33. The van der Waals surface area contributed by atoms with Crippen LogP contribution in [0.25, 0.3) is 11.3 Å². The van der Waals surface area contributed by atoms with Crippen molar-refractivity contribution in [1.29, 1.82) is 0 Å². The van der Waals surface area contributed by atoms with Crippen LogP contribution in [0.2, 0.25) is 0 Å². The van der Waals surface area contributed by atoms with E-state index in [1.807, 2.05) is 0 Å². The summed E-state index contributed by atoms with van der Waals surface area (Å²) in [5.41, 5.74) is 7.73. The Bertz CT molecular complexity index is 766. The van der Waals surface area contributed by atoms with Gasteiger partial charge >= 0.3 is 0 Å². The number of nitrogens with one attached hydrogen (secondary N) is 2. The fourth-order valence-electron chi connectivity index (χ4n) is 4.72. The molecule has 1 fully saturated rings. The van der Waals surface area contributed by atoms with Gasteiger partial charge in [-0.15, -0.1) is 12.4 Å². The minimum Gasteiger partial charge on any atom is -0.361 e. The van der Waals surface area contributed by atoms with Crippen molar-refractivity contribution >= 4 is 12.4 Å². The number of piperidine rings is 1. The lowest BCUT2D eigenvalue weighted by Gasteiger charge is -2.42. The van der Waals surface area contributed by atoms with Crippen molar-refractivity contribution in [3.05, 3.63) is 47.2 Å². The third-order valence-electron chi connectivity index (χ3n) is 6.68. The zero-order valence-corrected chi connectivity index (χ0v) is 17.4. The molecule has 0 unspecified atom stereocenters. The molecule has 1 aromatic carbocycles.